The lowest BCUT2D eigenvalue weighted by Gasteiger charge is -2.30. The standard InChI is InChI=1S/C14H23N3/c15-12-9-6-8-11-7-4-2-1-3-5-10-14(16,17)13(11)12/h6,8-9H,1-5,7,10,15-17H2. The van der Waals surface area contributed by atoms with Crippen LogP contribution in [0.4, 0.5) is 5.69 Å². The molecule has 0 aromatic heterocycles. The molecule has 2 rings (SSSR count). The molecule has 0 bridgehead atoms. The maximum atomic E-state index is 6.28. The predicted octanol–water partition coefficient (Wildman–Crippen LogP) is 2.24. The van der Waals surface area contributed by atoms with Crippen LogP contribution in [0.2, 0.25) is 0 Å². The second-order valence-electron chi connectivity index (χ2n) is 5.19. The number of aryl methyl sites for hydroxylation is 1. The molecular formula is C14H23N3. The zero-order valence-corrected chi connectivity index (χ0v) is 10.4. The zero-order valence-electron chi connectivity index (χ0n) is 10.4. The number of fused-ring (bicyclic) bond motifs is 1. The van der Waals surface area contributed by atoms with Crippen LogP contribution >= 0.6 is 0 Å². The third kappa shape index (κ3) is 2.79. The van der Waals surface area contributed by atoms with Gasteiger partial charge < -0.3 is 17.2 Å². The molecule has 1 aliphatic carbocycles. The van der Waals surface area contributed by atoms with E-state index in [0.717, 1.165) is 30.5 Å². The normalized spacial score (nSPS) is 20.6. The molecule has 17 heavy (non-hydrogen) atoms. The monoisotopic (exact) mass is 233 g/mol. The van der Waals surface area contributed by atoms with E-state index in [1.165, 1.54) is 31.2 Å². The fourth-order valence-corrected chi connectivity index (χ4v) is 2.78. The fraction of sp³-hybridized carbons (Fsp3) is 0.571. The quantitative estimate of drug-likeness (QED) is 0.475. The molecule has 0 fully saturated rings. The average molecular weight is 233 g/mol. The van der Waals surface area contributed by atoms with E-state index in [9.17, 15) is 0 Å². The van der Waals surface area contributed by atoms with Gasteiger partial charge in [0.15, 0.2) is 0 Å². The SMILES string of the molecule is Nc1cccc2c1C(N)(N)CCCCCCC2. The number of hydrogen-bond donors (Lipinski definition) is 3. The molecule has 0 amide bonds. The summed E-state index contributed by atoms with van der Waals surface area (Å²) in [5, 5.41) is 0. The van der Waals surface area contributed by atoms with Crippen molar-refractivity contribution in [1.29, 1.82) is 0 Å². The average Bonchev–Trinajstić information content (AvgIpc) is 2.27. The first-order chi connectivity index (χ1) is 8.11. The van der Waals surface area contributed by atoms with Gasteiger partial charge in [-0.3, -0.25) is 0 Å². The van der Waals surface area contributed by atoms with E-state index >= 15 is 0 Å². The van der Waals surface area contributed by atoms with Crippen LogP contribution < -0.4 is 17.2 Å². The summed E-state index contributed by atoms with van der Waals surface area (Å²) in [5.41, 5.74) is 20.8. The van der Waals surface area contributed by atoms with E-state index < -0.39 is 5.66 Å². The summed E-state index contributed by atoms with van der Waals surface area (Å²) in [6.45, 7) is 0. The molecule has 3 heteroatoms. The van der Waals surface area contributed by atoms with Crippen LogP contribution in [0.25, 0.3) is 0 Å². The second-order valence-corrected chi connectivity index (χ2v) is 5.19. The minimum absolute atomic E-state index is 0.744. The second kappa shape index (κ2) is 5.07. The van der Waals surface area contributed by atoms with Crippen molar-refractivity contribution in [3.8, 4) is 0 Å². The molecule has 0 heterocycles. The summed E-state index contributed by atoms with van der Waals surface area (Å²) in [4.78, 5) is 0. The molecule has 0 atom stereocenters. The molecule has 94 valence electrons. The number of nitrogens with two attached hydrogens (primary N) is 3. The van der Waals surface area contributed by atoms with Crippen LogP contribution in [0.1, 0.15) is 49.7 Å². The lowest BCUT2D eigenvalue weighted by molar-refractivity contribution is 0.392. The first kappa shape index (κ1) is 12.4. The van der Waals surface area contributed by atoms with Gasteiger partial charge in [0.05, 0.1) is 5.66 Å². The van der Waals surface area contributed by atoms with Crippen LogP contribution in [0.15, 0.2) is 18.2 Å². The molecule has 1 aromatic rings. The Kier molecular flexibility index (Phi) is 3.69. The van der Waals surface area contributed by atoms with E-state index in [1.54, 1.807) is 0 Å². The molecule has 6 N–H and O–H groups in total. The Labute approximate surface area is 103 Å². The van der Waals surface area contributed by atoms with Crippen molar-refractivity contribution < 1.29 is 0 Å². The van der Waals surface area contributed by atoms with Crippen molar-refractivity contribution in [3.05, 3.63) is 29.3 Å². The molecule has 0 saturated heterocycles. The summed E-state index contributed by atoms with van der Waals surface area (Å²) in [6.07, 6.45) is 7.93. The summed E-state index contributed by atoms with van der Waals surface area (Å²) in [6, 6.07) is 6.01. The molecule has 0 saturated carbocycles. The highest BCUT2D eigenvalue weighted by atomic mass is 15.0. The molecular weight excluding hydrogens is 210 g/mol. The Hall–Kier alpha value is -1.06. The Morgan fingerprint density at radius 2 is 1.65 bits per heavy atom. The number of hydrogen-bond acceptors (Lipinski definition) is 3. The maximum absolute atomic E-state index is 6.28. The number of nitrogen functional groups attached to an aromatic ring is 1. The van der Waals surface area contributed by atoms with E-state index in [2.05, 4.69) is 6.07 Å². The van der Waals surface area contributed by atoms with Gasteiger partial charge in [-0.2, -0.15) is 0 Å². The van der Waals surface area contributed by atoms with Crippen molar-refractivity contribution in [3.63, 3.8) is 0 Å². The summed E-state index contributed by atoms with van der Waals surface area (Å²) in [7, 11) is 0. The van der Waals surface area contributed by atoms with Gasteiger partial charge in [0.2, 0.25) is 0 Å². The van der Waals surface area contributed by atoms with E-state index in [4.69, 9.17) is 17.2 Å². The smallest absolute Gasteiger partial charge is 0.0922 e. The first-order valence-corrected chi connectivity index (χ1v) is 6.57. The number of rotatable bonds is 0. The minimum atomic E-state index is -0.766. The predicted molar refractivity (Wildman–Crippen MR) is 72.3 cm³/mol. The van der Waals surface area contributed by atoms with E-state index in [0.29, 0.717) is 0 Å². The first-order valence-electron chi connectivity index (χ1n) is 6.57. The van der Waals surface area contributed by atoms with Gasteiger partial charge in [-0.05, 0) is 37.3 Å². The lowest BCUT2D eigenvalue weighted by atomic mass is 9.86. The third-order valence-electron chi connectivity index (χ3n) is 3.69. The molecule has 0 spiro atoms. The molecule has 1 aromatic carbocycles. The largest absolute Gasteiger partial charge is 0.398 e. The van der Waals surface area contributed by atoms with Gasteiger partial charge in [-0.15, -0.1) is 0 Å². The van der Waals surface area contributed by atoms with Crippen molar-refractivity contribution in [2.24, 2.45) is 11.5 Å². The van der Waals surface area contributed by atoms with Gasteiger partial charge in [0, 0.05) is 11.3 Å². The molecule has 0 aliphatic heterocycles. The molecule has 1 aliphatic rings. The maximum Gasteiger partial charge on any atom is 0.0922 e. The van der Waals surface area contributed by atoms with Crippen LogP contribution in [0, 0.1) is 0 Å². The summed E-state index contributed by atoms with van der Waals surface area (Å²) in [5.74, 6) is 0. The van der Waals surface area contributed by atoms with Crippen molar-refractivity contribution in [1.82, 2.24) is 0 Å². The van der Waals surface area contributed by atoms with Crippen LogP contribution in [-0.4, -0.2) is 0 Å². The Balaban J connectivity index is 2.40. The topological polar surface area (TPSA) is 78.1 Å². The Morgan fingerprint density at radius 1 is 0.941 bits per heavy atom. The van der Waals surface area contributed by atoms with Crippen molar-refractivity contribution >= 4 is 5.69 Å². The highest BCUT2D eigenvalue weighted by Crippen LogP contribution is 2.30. The van der Waals surface area contributed by atoms with Gasteiger partial charge >= 0.3 is 0 Å². The Bertz CT molecular complexity index is 385. The van der Waals surface area contributed by atoms with Gasteiger partial charge in [-0.25, -0.2) is 0 Å². The minimum Gasteiger partial charge on any atom is -0.398 e. The Morgan fingerprint density at radius 3 is 2.47 bits per heavy atom. The fourth-order valence-electron chi connectivity index (χ4n) is 2.78. The van der Waals surface area contributed by atoms with E-state index in [1.807, 2.05) is 12.1 Å². The molecule has 3 nitrogen and oxygen atoms in total. The van der Waals surface area contributed by atoms with Crippen molar-refractivity contribution in [2.75, 3.05) is 5.73 Å². The van der Waals surface area contributed by atoms with Crippen molar-refractivity contribution in [2.45, 2.75) is 50.6 Å². The highest BCUT2D eigenvalue weighted by molar-refractivity contribution is 5.54. The van der Waals surface area contributed by atoms with Gasteiger partial charge in [0.25, 0.3) is 0 Å². The van der Waals surface area contributed by atoms with Crippen LogP contribution in [0.5, 0.6) is 0 Å². The summed E-state index contributed by atoms with van der Waals surface area (Å²) >= 11 is 0. The van der Waals surface area contributed by atoms with E-state index in [-0.39, 0.29) is 0 Å². The number of anilines is 1. The van der Waals surface area contributed by atoms with Gasteiger partial charge in [-0.1, -0.05) is 31.4 Å². The van der Waals surface area contributed by atoms with Crippen LogP contribution in [-0.2, 0) is 12.1 Å². The zero-order chi connectivity index (χ0) is 12.3. The molecule has 0 unspecified atom stereocenters. The van der Waals surface area contributed by atoms with Gasteiger partial charge in [0.1, 0.15) is 0 Å². The lowest BCUT2D eigenvalue weighted by Crippen LogP contribution is -2.47. The highest BCUT2D eigenvalue weighted by Gasteiger charge is 2.26. The molecule has 0 radical (unpaired) electrons. The third-order valence-corrected chi connectivity index (χ3v) is 3.69. The van der Waals surface area contributed by atoms with Crippen LogP contribution in [0.3, 0.4) is 0 Å². The summed E-state index contributed by atoms with van der Waals surface area (Å²) < 4.78 is 0. The number of benzene rings is 1.